The minimum atomic E-state index is -0.755. The first-order valence-corrected chi connectivity index (χ1v) is 6.03. The molecule has 5 N–H and O–H groups in total. The summed E-state index contributed by atoms with van der Waals surface area (Å²) < 4.78 is 0. The minimum absolute atomic E-state index is 0.0268. The van der Waals surface area contributed by atoms with Gasteiger partial charge in [0.15, 0.2) is 5.84 Å². The van der Waals surface area contributed by atoms with E-state index in [9.17, 15) is 9.59 Å². The third-order valence-electron chi connectivity index (χ3n) is 3.30. The second-order valence-corrected chi connectivity index (χ2v) is 4.62. The van der Waals surface area contributed by atoms with Crippen molar-refractivity contribution in [1.82, 2.24) is 4.90 Å². The van der Waals surface area contributed by atoms with Crippen molar-refractivity contribution in [2.45, 2.75) is 38.6 Å². The van der Waals surface area contributed by atoms with Gasteiger partial charge in [-0.15, -0.1) is 0 Å². The van der Waals surface area contributed by atoms with Crippen LogP contribution in [0.2, 0.25) is 0 Å². The Kier molecular flexibility index (Phi) is 4.94. The van der Waals surface area contributed by atoms with Crippen molar-refractivity contribution < 1.29 is 14.8 Å². The molecule has 18 heavy (non-hydrogen) atoms. The van der Waals surface area contributed by atoms with Crippen molar-refractivity contribution in [1.29, 1.82) is 0 Å². The topological polar surface area (TPSA) is 122 Å². The highest BCUT2D eigenvalue weighted by Crippen LogP contribution is 2.24. The Morgan fingerprint density at radius 2 is 1.94 bits per heavy atom. The second kappa shape index (κ2) is 6.23. The maximum atomic E-state index is 12.2. The summed E-state index contributed by atoms with van der Waals surface area (Å²) in [5.74, 6) is -1.79. The van der Waals surface area contributed by atoms with E-state index in [4.69, 9.17) is 16.7 Å². The van der Waals surface area contributed by atoms with Crippen molar-refractivity contribution in [3.8, 4) is 0 Å². The van der Waals surface area contributed by atoms with Gasteiger partial charge in [0.25, 0.3) is 0 Å². The summed E-state index contributed by atoms with van der Waals surface area (Å²) in [5, 5.41) is 11.4. The van der Waals surface area contributed by atoms with Gasteiger partial charge in [-0.2, -0.15) is 0 Å². The van der Waals surface area contributed by atoms with Gasteiger partial charge in [0, 0.05) is 6.04 Å². The van der Waals surface area contributed by atoms with Crippen molar-refractivity contribution >= 4 is 17.6 Å². The average molecular weight is 256 g/mol. The molecule has 0 aromatic rings. The maximum Gasteiger partial charge on any atom is 0.237 e. The fraction of sp³-hybridized carbons (Fsp3) is 0.727. The van der Waals surface area contributed by atoms with E-state index >= 15 is 0 Å². The highest BCUT2D eigenvalue weighted by Gasteiger charge is 2.31. The van der Waals surface area contributed by atoms with Gasteiger partial charge in [-0.3, -0.25) is 9.59 Å². The molecule has 1 aliphatic carbocycles. The summed E-state index contributed by atoms with van der Waals surface area (Å²) in [4.78, 5) is 24.7. The van der Waals surface area contributed by atoms with Crippen molar-refractivity contribution in [2.24, 2.45) is 22.5 Å². The lowest BCUT2D eigenvalue weighted by Gasteiger charge is -2.29. The summed E-state index contributed by atoms with van der Waals surface area (Å²) in [6.07, 6.45) is 3.79. The van der Waals surface area contributed by atoms with Crippen LogP contribution in [0.15, 0.2) is 5.16 Å². The molecule has 102 valence electrons. The number of primary amides is 1. The number of hydrogen-bond acceptors (Lipinski definition) is 4. The minimum Gasteiger partial charge on any atom is -0.409 e. The molecule has 1 unspecified atom stereocenters. The molecule has 0 saturated heterocycles. The van der Waals surface area contributed by atoms with Crippen molar-refractivity contribution in [3.05, 3.63) is 0 Å². The highest BCUT2D eigenvalue weighted by atomic mass is 16.4. The Morgan fingerprint density at radius 3 is 2.39 bits per heavy atom. The highest BCUT2D eigenvalue weighted by molar-refractivity contribution is 6.02. The molecular weight excluding hydrogens is 236 g/mol. The first-order chi connectivity index (χ1) is 8.47. The van der Waals surface area contributed by atoms with E-state index in [0.717, 1.165) is 25.7 Å². The number of carbonyl (C=O) groups excluding carboxylic acids is 2. The van der Waals surface area contributed by atoms with Crippen LogP contribution in [0, 0.1) is 5.92 Å². The normalized spacial score (nSPS) is 18.6. The van der Waals surface area contributed by atoms with Crippen LogP contribution in [-0.4, -0.2) is 40.3 Å². The van der Waals surface area contributed by atoms with Crippen LogP contribution in [0.5, 0.6) is 0 Å². The Bertz CT molecular complexity index is 350. The van der Waals surface area contributed by atoms with E-state index in [1.165, 1.54) is 4.90 Å². The molecule has 0 aliphatic heterocycles. The van der Waals surface area contributed by atoms with Gasteiger partial charge in [-0.1, -0.05) is 18.0 Å². The predicted molar refractivity (Wildman–Crippen MR) is 65.7 cm³/mol. The zero-order valence-corrected chi connectivity index (χ0v) is 10.5. The molecule has 0 aromatic carbocycles. The number of amidine groups is 1. The molecule has 2 amide bonds. The zero-order chi connectivity index (χ0) is 13.7. The van der Waals surface area contributed by atoms with Crippen LogP contribution >= 0.6 is 0 Å². The smallest absolute Gasteiger partial charge is 0.237 e. The Labute approximate surface area is 106 Å². The van der Waals surface area contributed by atoms with Gasteiger partial charge in [0.05, 0.1) is 12.5 Å². The third-order valence-corrected chi connectivity index (χ3v) is 3.30. The van der Waals surface area contributed by atoms with E-state index in [0.29, 0.717) is 0 Å². The zero-order valence-electron chi connectivity index (χ0n) is 10.5. The summed E-state index contributed by atoms with van der Waals surface area (Å²) in [6.45, 7) is 1.42. The van der Waals surface area contributed by atoms with Gasteiger partial charge < -0.3 is 21.6 Å². The number of nitrogens with two attached hydrogens (primary N) is 2. The average Bonchev–Trinajstić information content (AvgIpc) is 2.86. The molecule has 1 saturated carbocycles. The Morgan fingerprint density at radius 1 is 1.39 bits per heavy atom. The first-order valence-electron chi connectivity index (χ1n) is 6.03. The molecule has 0 aromatic heterocycles. The number of amides is 2. The lowest BCUT2D eigenvalue weighted by Crippen LogP contribution is -2.48. The largest absolute Gasteiger partial charge is 0.409 e. The molecule has 0 radical (unpaired) electrons. The van der Waals surface area contributed by atoms with Crippen LogP contribution < -0.4 is 11.5 Å². The molecule has 1 rings (SSSR count). The van der Waals surface area contributed by atoms with Crippen LogP contribution in [0.3, 0.4) is 0 Å². The number of hydrogen-bond donors (Lipinski definition) is 3. The first kappa shape index (κ1) is 14.3. The van der Waals surface area contributed by atoms with Crippen LogP contribution in [0.1, 0.15) is 32.6 Å². The summed E-state index contributed by atoms with van der Waals surface area (Å²) in [5.41, 5.74) is 10.6. The van der Waals surface area contributed by atoms with E-state index in [-0.39, 0.29) is 24.3 Å². The molecule has 0 heterocycles. The van der Waals surface area contributed by atoms with Gasteiger partial charge in [0.1, 0.15) is 0 Å². The molecule has 1 atom stereocenters. The maximum absolute atomic E-state index is 12.2. The number of rotatable bonds is 5. The van der Waals surface area contributed by atoms with E-state index in [1.807, 2.05) is 0 Å². The predicted octanol–water partition coefficient (Wildman–Crippen LogP) is -0.375. The van der Waals surface area contributed by atoms with Crippen LogP contribution in [-0.2, 0) is 9.59 Å². The number of nitrogens with zero attached hydrogens (tertiary/aromatic N) is 2. The molecule has 7 nitrogen and oxygen atoms in total. The quantitative estimate of drug-likeness (QED) is 0.269. The number of carbonyl (C=O) groups is 2. The molecule has 1 fully saturated rings. The lowest BCUT2D eigenvalue weighted by molar-refractivity contribution is -0.139. The number of oxime groups is 1. The fourth-order valence-electron chi connectivity index (χ4n) is 2.23. The molecule has 0 bridgehead atoms. The van der Waals surface area contributed by atoms with E-state index in [1.54, 1.807) is 6.92 Å². The second-order valence-electron chi connectivity index (χ2n) is 4.62. The monoisotopic (exact) mass is 256 g/mol. The van der Waals surface area contributed by atoms with Gasteiger partial charge in [-0.25, -0.2) is 0 Å². The SMILES string of the molecule is CC(C(=O)N(CC(N)=O)C1CCCC1)C(N)=NO. The Balaban J connectivity index is 2.81. The van der Waals surface area contributed by atoms with E-state index in [2.05, 4.69) is 5.16 Å². The standard InChI is InChI=1S/C11H20N4O3/c1-7(10(13)14-18)11(17)15(6-9(12)16)8-4-2-3-5-8/h7-8,18H,2-6H2,1H3,(H2,12,16)(H2,13,14). The lowest BCUT2D eigenvalue weighted by atomic mass is 10.1. The van der Waals surface area contributed by atoms with Gasteiger partial charge >= 0.3 is 0 Å². The van der Waals surface area contributed by atoms with Crippen molar-refractivity contribution in [2.75, 3.05) is 6.54 Å². The molecular formula is C11H20N4O3. The fourth-order valence-corrected chi connectivity index (χ4v) is 2.23. The Hall–Kier alpha value is -1.79. The third kappa shape index (κ3) is 3.35. The molecule has 0 spiro atoms. The summed E-state index contributed by atoms with van der Waals surface area (Å²) in [7, 11) is 0. The summed E-state index contributed by atoms with van der Waals surface area (Å²) >= 11 is 0. The van der Waals surface area contributed by atoms with Crippen LogP contribution in [0.25, 0.3) is 0 Å². The van der Waals surface area contributed by atoms with Gasteiger partial charge in [-0.05, 0) is 19.8 Å². The molecule has 7 heteroatoms. The van der Waals surface area contributed by atoms with Crippen LogP contribution in [0.4, 0.5) is 0 Å². The summed E-state index contributed by atoms with van der Waals surface area (Å²) in [6, 6.07) is 0.0268. The van der Waals surface area contributed by atoms with Crippen molar-refractivity contribution in [3.63, 3.8) is 0 Å². The van der Waals surface area contributed by atoms with E-state index < -0.39 is 11.8 Å². The molecule has 1 aliphatic rings. The van der Waals surface area contributed by atoms with Gasteiger partial charge in [0.2, 0.25) is 11.8 Å².